The van der Waals surface area contributed by atoms with Crippen LogP contribution in [0.25, 0.3) is 11.5 Å². The topological polar surface area (TPSA) is 72.4 Å². The molecule has 2 aromatic heterocycles. The van der Waals surface area contributed by atoms with Crippen molar-refractivity contribution >= 4 is 23.4 Å². The summed E-state index contributed by atoms with van der Waals surface area (Å²) in [6.07, 6.45) is 2.46. The number of aromatic nitrogens is 2. The molecule has 0 spiro atoms. The van der Waals surface area contributed by atoms with Crippen LogP contribution >= 0.6 is 11.8 Å². The molecule has 1 aromatic carbocycles. The highest BCUT2D eigenvalue weighted by molar-refractivity contribution is 8.00. The maximum Gasteiger partial charge on any atom is 0.277 e. The van der Waals surface area contributed by atoms with Crippen LogP contribution in [-0.2, 0) is 11.2 Å². The summed E-state index contributed by atoms with van der Waals surface area (Å²) in [6, 6.07) is 9.99. The van der Waals surface area contributed by atoms with Crippen LogP contribution in [0.15, 0.2) is 50.7 Å². The molecule has 26 heavy (non-hydrogen) atoms. The highest BCUT2D eigenvalue weighted by Crippen LogP contribution is 2.35. The summed E-state index contributed by atoms with van der Waals surface area (Å²) < 4.78 is 11.0. The summed E-state index contributed by atoms with van der Waals surface area (Å²) in [6.45, 7) is 5.78. The number of nitrogens with zero attached hydrogens (tertiary/aromatic N) is 3. The third-order valence-electron chi connectivity index (χ3n) is 4.57. The maximum absolute atomic E-state index is 13.0. The smallest absolute Gasteiger partial charge is 0.277 e. The largest absolute Gasteiger partial charge is 0.469 e. The summed E-state index contributed by atoms with van der Waals surface area (Å²) in [4.78, 5) is 14.9. The van der Waals surface area contributed by atoms with Gasteiger partial charge in [0.2, 0.25) is 5.91 Å². The Morgan fingerprint density at radius 3 is 2.88 bits per heavy atom. The molecule has 3 heterocycles. The first kappa shape index (κ1) is 16.9. The molecule has 1 aliphatic rings. The lowest BCUT2D eigenvalue weighted by atomic mass is 10.1. The van der Waals surface area contributed by atoms with Gasteiger partial charge in [-0.15, -0.1) is 10.2 Å². The van der Waals surface area contributed by atoms with Crippen molar-refractivity contribution in [2.24, 2.45) is 0 Å². The SMILES string of the molecule is Cc1occc1-c1nnc(S[C@@H](C)C(=O)N2c3ccccc3C[C@@H]2C)o1. The molecule has 3 aromatic rings. The van der Waals surface area contributed by atoms with E-state index in [2.05, 4.69) is 23.2 Å². The maximum atomic E-state index is 13.0. The Bertz CT molecular complexity index is 949. The van der Waals surface area contributed by atoms with Crippen molar-refractivity contribution < 1.29 is 13.6 Å². The van der Waals surface area contributed by atoms with Gasteiger partial charge in [0.25, 0.3) is 11.1 Å². The van der Waals surface area contributed by atoms with Crippen molar-refractivity contribution in [1.82, 2.24) is 10.2 Å². The third kappa shape index (κ3) is 2.92. The molecule has 0 aliphatic carbocycles. The van der Waals surface area contributed by atoms with Gasteiger partial charge in [-0.1, -0.05) is 30.0 Å². The lowest BCUT2D eigenvalue weighted by molar-refractivity contribution is -0.118. The van der Waals surface area contributed by atoms with E-state index in [1.807, 2.05) is 36.9 Å². The molecule has 0 N–H and O–H groups in total. The normalized spacial score (nSPS) is 17.3. The van der Waals surface area contributed by atoms with E-state index in [0.29, 0.717) is 11.1 Å². The van der Waals surface area contributed by atoms with E-state index in [1.165, 1.54) is 17.3 Å². The number of fused-ring (bicyclic) bond motifs is 1. The van der Waals surface area contributed by atoms with Crippen molar-refractivity contribution in [3.63, 3.8) is 0 Å². The van der Waals surface area contributed by atoms with Gasteiger partial charge in [0.15, 0.2) is 0 Å². The number of amides is 1. The number of carbonyl (C=O) groups is 1. The minimum atomic E-state index is -0.331. The zero-order valence-corrected chi connectivity index (χ0v) is 15.6. The minimum Gasteiger partial charge on any atom is -0.469 e. The molecule has 0 fully saturated rings. The molecule has 1 amide bonds. The fourth-order valence-electron chi connectivity index (χ4n) is 3.27. The average molecular weight is 369 g/mol. The van der Waals surface area contributed by atoms with Crippen molar-refractivity contribution in [1.29, 1.82) is 0 Å². The number of hydrogen-bond acceptors (Lipinski definition) is 6. The molecular weight excluding hydrogens is 350 g/mol. The highest BCUT2D eigenvalue weighted by atomic mass is 32.2. The first-order valence-electron chi connectivity index (χ1n) is 8.50. The van der Waals surface area contributed by atoms with E-state index in [4.69, 9.17) is 8.83 Å². The van der Waals surface area contributed by atoms with E-state index in [1.54, 1.807) is 12.3 Å². The Hall–Kier alpha value is -2.54. The van der Waals surface area contributed by atoms with Crippen LogP contribution in [0.3, 0.4) is 0 Å². The van der Waals surface area contributed by atoms with Crippen molar-refractivity contribution in [3.8, 4) is 11.5 Å². The Morgan fingerprint density at radius 1 is 1.31 bits per heavy atom. The van der Waals surface area contributed by atoms with Gasteiger partial charge in [0, 0.05) is 11.7 Å². The number of aryl methyl sites for hydroxylation is 1. The van der Waals surface area contributed by atoms with Gasteiger partial charge in [-0.2, -0.15) is 0 Å². The second kappa shape index (κ2) is 6.64. The van der Waals surface area contributed by atoms with E-state index >= 15 is 0 Å². The number of anilines is 1. The van der Waals surface area contributed by atoms with Crippen molar-refractivity contribution in [2.45, 2.75) is 43.7 Å². The Morgan fingerprint density at radius 2 is 2.12 bits per heavy atom. The Kier molecular flexibility index (Phi) is 4.32. The number of hydrogen-bond donors (Lipinski definition) is 0. The van der Waals surface area contributed by atoms with Crippen LogP contribution in [0.1, 0.15) is 25.2 Å². The molecule has 4 rings (SSSR count). The van der Waals surface area contributed by atoms with E-state index in [9.17, 15) is 4.79 Å². The van der Waals surface area contributed by atoms with Crippen LogP contribution in [0, 0.1) is 6.92 Å². The summed E-state index contributed by atoms with van der Waals surface area (Å²) >= 11 is 1.28. The number of furan rings is 1. The van der Waals surface area contributed by atoms with Gasteiger partial charge in [0.05, 0.1) is 17.1 Å². The van der Waals surface area contributed by atoms with Gasteiger partial charge >= 0.3 is 0 Å². The molecule has 0 saturated heterocycles. The van der Waals surface area contributed by atoms with Crippen molar-refractivity contribution in [3.05, 3.63) is 47.9 Å². The molecule has 0 bridgehead atoms. The molecular formula is C19H19N3O3S. The number of thioether (sulfide) groups is 1. The number of para-hydroxylation sites is 1. The summed E-state index contributed by atoms with van der Waals surface area (Å²) in [5.41, 5.74) is 2.98. The summed E-state index contributed by atoms with van der Waals surface area (Å²) in [5.74, 6) is 1.17. The van der Waals surface area contributed by atoms with Crippen molar-refractivity contribution in [2.75, 3.05) is 4.90 Å². The zero-order valence-electron chi connectivity index (χ0n) is 14.8. The molecule has 134 valence electrons. The summed E-state index contributed by atoms with van der Waals surface area (Å²) in [5, 5.41) is 8.16. The van der Waals surface area contributed by atoms with Gasteiger partial charge in [-0.05, 0) is 44.9 Å². The Labute approximate surface area is 155 Å². The fraction of sp³-hybridized carbons (Fsp3) is 0.316. The van der Waals surface area contributed by atoms with E-state index in [-0.39, 0.29) is 17.2 Å². The monoisotopic (exact) mass is 369 g/mol. The van der Waals surface area contributed by atoms with Crippen LogP contribution < -0.4 is 4.90 Å². The first-order chi connectivity index (χ1) is 12.5. The molecule has 0 saturated carbocycles. The molecule has 0 unspecified atom stereocenters. The van der Waals surface area contributed by atoms with Crippen LogP contribution in [0.4, 0.5) is 5.69 Å². The number of rotatable bonds is 4. The average Bonchev–Trinajstić information content (AvgIpc) is 3.32. The highest BCUT2D eigenvalue weighted by Gasteiger charge is 2.34. The molecule has 1 aliphatic heterocycles. The second-order valence-electron chi connectivity index (χ2n) is 6.41. The molecule has 2 atom stereocenters. The predicted molar refractivity (Wildman–Crippen MR) is 99.2 cm³/mol. The van der Waals surface area contributed by atoms with Gasteiger partial charge in [-0.25, -0.2) is 0 Å². The number of benzene rings is 1. The third-order valence-corrected chi connectivity index (χ3v) is 5.49. The van der Waals surface area contributed by atoms with Crippen LogP contribution in [0.5, 0.6) is 0 Å². The molecule has 6 nitrogen and oxygen atoms in total. The molecule has 7 heteroatoms. The summed E-state index contributed by atoms with van der Waals surface area (Å²) in [7, 11) is 0. The predicted octanol–water partition coefficient (Wildman–Crippen LogP) is 4.10. The fourth-order valence-corrected chi connectivity index (χ4v) is 4.00. The Balaban J connectivity index is 1.50. The van der Waals surface area contributed by atoms with E-state index in [0.717, 1.165) is 23.4 Å². The first-order valence-corrected chi connectivity index (χ1v) is 9.38. The zero-order chi connectivity index (χ0) is 18.3. The minimum absolute atomic E-state index is 0.0479. The van der Waals surface area contributed by atoms with Gasteiger partial charge < -0.3 is 13.7 Å². The molecule has 0 radical (unpaired) electrons. The second-order valence-corrected chi connectivity index (χ2v) is 7.71. The lowest BCUT2D eigenvalue weighted by Crippen LogP contribution is -2.40. The van der Waals surface area contributed by atoms with Gasteiger partial charge in [-0.3, -0.25) is 4.79 Å². The quantitative estimate of drug-likeness (QED) is 0.645. The lowest BCUT2D eigenvalue weighted by Gasteiger charge is -2.25. The number of carbonyl (C=O) groups excluding carboxylic acids is 1. The standard InChI is InChI=1S/C19H19N3O3S/c1-11-10-14-6-4-5-7-16(14)22(11)18(23)13(3)26-19-21-20-17(25-19)15-8-9-24-12(15)2/h4-9,11,13H,10H2,1-3H3/t11-,13-/m0/s1. The van der Waals surface area contributed by atoms with Crippen LogP contribution in [0.2, 0.25) is 0 Å². The van der Waals surface area contributed by atoms with Gasteiger partial charge in [0.1, 0.15) is 5.76 Å². The van der Waals surface area contributed by atoms with Crippen LogP contribution in [-0.4, -0.2) is 27.4 Å². The van der Waals surface area contributed by atoms with E-state index < -0.39 is 0 Å².